The maximum absolute atomic E-state index is 2.46. The molecule has 0 amide bonds. The predicted molar refractivity (Wildman–Crippen MR) is 291 cm³/mol. The van der Waals surface area contributed by atoms with Crippen molar-refractivity contribution in [3.63, 3.8) is 0 Å². The van der Waals surface area contributed by atoms with Gasteiger partial charge in [0.2, 0.25) is 0 Å². The Kier molecular flexibility index (Phi) is 11.5. The molecule has 10 aromatic carbocycles. The van der Waals surface area contributed by atoms with Crippen molar-refractivity contribution < 1.29 is 0 Å². The number of thiophene rings is 1. The second-order valence-corrected chi connectivity index (χ2v) is 19.1. The van der Waals surface area contributed by atoms with E-state index in [2.05, 4.69) is 262 Å². The van der Waals surface area contributed by atoms with E-state index in [1.54, 1.807) is 0 Å². The molecule has 13 rings (SSSR count). The van der Waals surface area contributed by atoms with Crippen molar-refractivity contribution in [1.29, 1.82) is 0 Å². The van der Waals surface area contributed by atoms with Gasteiger partial charge in [-0.3, -0.25) is 0 Å². The summed E-state index contributed by atoms with van der Waals surface area (Å²) in [5.41, 5.74) is 18.4. The Morgan fingerprint density at radius 1 is 0.353 bits per heavy atom. The number of benzene rings is 10. The van der Waals surface area contributed by atoms with Crippen LogP contribution in [0, 0.1) is 20.8 Å². The van der Waals surface area contributed by atoms with Crippen molar-refractivity contribution in [2.24, 2.45) is 0 Å². The third-order valence-corrected chi connectivity index (χ3v) is 14.4. The first kappa shape index (κ1) is 42.6. The lowest BCUT2D eigenvalue weighted by Crippen LogP contribution is -2.28. The second kappa shape index (κ2) is 18.3. The minimum Gasteiger partial charge on any atom is -0.309 e. The van der Waals surface area contributed by atoms with Crippen molar-refractivity contribution in [3.8, 4) is 39.1 Å². The van der Waals surface area contributed by atoms with Crippen molar-refractivity contribution in [1.82, 2.24) is 4.57 Å². The van der Waals surface area contributed by atoms with Crippen LogP contribution in [0.4, 0.5) is 0 Å². The Morgan fingerprint density at radius 3 is 1.60 bits per heavy atom. The Balaban J connectivity index is 0.000000249. The Labute approximate surface area is 403 Å². The van der Waals surface area contributed by atoms with E-state index < -0.39 is 5.41 Å². The highest BCUT2D eigenvalue weighted by atomic mass is 32.1. The summed E-state index contributed by atoms with van der Waals surface area (Å²) < 4.78 is 3.85. The van der Waals surface area contributed by atoms with Gasteiger partial charge in [0.1, 0.15) is 0 Å². The molecule has 2 heteroatoms. The van der Waals surface area contributed by atoms with Gasteiger partial charge in [0.05, 0.1) is 16.4 Å². The minimum absolute atomic E-state index is 0.413. The van der Waals surface area contributed by atoms with Crippen LogP contribution in [-0.2, 0) is 5.41 Å². The summed E-state index contributed by atoms with van der Waals surface area (Å²) in [6.45, 7) is 6.38. The molecule has 0 saturated carbocycles. The number of hydrogen-bond donors (Lipinski definition) is 0. The van der Waals surface area contributed by atoms with Gasteiger partial charge in [-0.2, -0.15) is 0 Å². The van der Waals surface area contributed by atoms with Crippen LogP contribution in [0.25, 0.3) is 71.0 Å². The van der Waals surface area contributed by atoms with Crippen molar-refractivity contribution in [2.75, 3.05) is 0 Å². The van der Waals surface area contributed by atoms with Crippen LogP contribution < -0.4 is 0 Å². The Morgan fingerprint density at radius 2 is 0.912 bits per heavy atom. The van der Waals surface area contributed by atoms with Crippen LogP contribution in [0.3, 0.4) is 0 Å². The lowest BCUT2D eigenvalue weighted by molar-refractivity contribution is 0.768. The largest absolute Gasteiger partial charge is 0.309 e. The van der Waals surface area contributed by atoms with Crippen LogP contribution in [0.1, 0.15) is 38.3 Å². The molecule has 0 radical (unpaired) electrons. The summed E-state index contributed by atoms with van der Waals surface area (Å²) >= 11 is 1.85. The SMILES string of the molecule is Cc1cc2ccccc2s1.Cc1cccc(-c2cccc(-c3ccc4c5ccccc5n(-c5ccc6c(c5)-c5ccccc5C6(c5ccccc5)c5ccccc5)c4c3)c2)c1.Cc1ccccc1. The van der Waals surface area contributed by atoms with Gasteiger partial charge in [0.15, 0.2) is 0 Å². The normalized spacial score (nSPS) is 12.2. The van der Waals surface area contributed by atoms with Gasteiger partial charge in [0, 0.05) is 26.0 Å². The molecular formula is C66H51NS. The smallest absolute Gasteiger partial charge is 0.0713 e. The highest BCUT2D eigenvalue weighted by Gasteiger charge is 2.46. The topological polar surface area (TPSA) is 4.93 Å². The summed E-state index contributed by atoms with van der Waals surface area (Å²) in [5, 5.41) is 3.88. The van der Waals surface area contributed by atoms with Gasteiger partial charge in [0.25, 0.3) is 0 Å². The molecule has 2 aromatic heterocycles. The highest BCUT2D eigenvalue weighted by Crippen LogP contribution is 2.56. The van der Waals surface area contributed by atoms with E-state index in [-0.39, 0.29) is 0 Å². The van der Waals surface area contributed by atoms with Crippen LogP contribution >= 0.6 is 11.3 Å². The third kappa shape index (κ3) is 7.83. The number of nitrogens with zero attached hydrogens (tertiary/aromatic N) is 1. The van der Waals surface area contributed by atoms with Crippen LogP contribution in [0.15, 0.2) is 255 Å². The molecule has 2 heterocycles. The lowest BCUT2D eigenvalue weighted by Gasteiger charge is -2.33. The molecule has 0 atom stereocenters. The maximum Gasteiger partial charge on any atom is 0.0713 e. The zero-order chi connectivity index (χ0) is 46.0. The first-order valence-electron chi connectivity index (χ1n) is 23.5. The molecule has 0 fully saturated rings. The van der Waals surface area contributed by atoms with Crippen LogP contribution in [-0.4, -0.2) is 4.57 Å². The molecule has 0 aliphatic heterocycles. The molecule has 68 heavy (non-hydrogen) atoms. The van der Waals surface area contributed by atoms with Crippen LogP contribution in [0.2, 0.25) is 0 Å². The predicted octanol–water partition coefficient (Wildman–Crippen LogP) is 18.0. The van der Waals surface area contributed by atoms with Gasteiger partial charge in [-0.05, 0) is 124 Å². The van der Waals surface area contributed by atoms with Gasteiger partial charge in [-0.25, -0.2) is 0 Å². The second-order valence-electron chi connectivity index (χ2n) is 17.8. The molecule has 1 aliphatic rings. The first-order chi connectivity index (χ1) is 33.5. The van der Waals surface area contributed by atoms with E-state index in [0.29, 0.717) is 0 Å². The molecule has 0 spiro atoms. The third-order valence-electron chi connectivity index (χ3n) is 13.4. The summed E-state index contributed by atoms with van der Waals surface area (Å²) in [7, 11) is 0. The zero-order valence-corrected chi connectivity index (χ0v) is 39.4. The van der Waals surface area contributed by atoms with Crippen LogP contribution in [0.5, 0.6) is 0 Å². The van der Waals surface area contributed by atoms with E-state index >= 15 is 0 Å². The number of aromatic nitrogens is 1. The Hall–Kier alpha value is -8.04. The average molecular weight is 890 g/mol. The van der Waals surface area contributed by atoms with E-state index in [0.717, 1.165) is 5.69 Å². The molecule has 0 unspecified atom stereocenters. The molecule has 12 aromatic rings. The quantitative estimate of drug-likeness (QED) is 0.162. The summed E-state index contributed by atoms with van der Waals surface area (Å²) in [5.74, 6) is 0. The molecule has 0 N–H and O–H groups in total. The fraction of sp³-hybridized carbons (Fsp3) is 0.0606. The summed E-state index contributed by atoms with van der Waals surface area (Å²) in [6.07, 6.45) is 0. The number of para-hydroxylation sites is 1. The van der Waals surface area contributed by atoms with Crippen molar-refractivity contribution >= 4 is 43.2 Å². The highest BCUT2D eigenvalue weighted by molar-refractivity contribution is 7.19. The minimum atomic E-state index is -0.413. The Bertz CT molecular complexity index is 3640. The summed E-state index contributed by atoms with van der Waals surface area (Å²) in [4.78, 5) is 1.39. The molecular weight excluding hydrogens is 839 g/mol. The molecule has 1 aliphatic carbocycles. The molecule has 0 saturated heterocycles. The number of hydrogen-bond acceptors (Lipinski definition) is 1. The van der Waals surface area contributed by atoms with E-state index in [9.17, 15) is 0 Å². The fourth-order valence-electron chi connectivity index (χ4n) is 10.4. The van der Waals surface area contributed by atoms with Gasteiger partial charge < -0.3 is 4.57 Å². The maximum atomic E-state index is 2.46. The molecule has 326 valence electrons. The van der Waals surface area contributed by atoms with E-state index in [1.165, 1.54) is 104 Å². The zero-order valence-electron chi connectivity index (χ0n) is 38.6. The lowest BCUT2D eigenvalue weighted by atomic mass is 9.68. The number of aryl methyl sites for hydroxylation is 3. The van der Waals surface area contributed by atoms with E-state index in [1.807, 2.05) is 29.5 Å². The van der Waals surface area contributed by atoms with Gasteiger partial charge in [-0.15, -0.1) is 11.3 Å². The standard InChI is InChI=1S/C50H35N.C9H8S.C7H8/c1-34-14-12-15-35(30-34)36-16-13-17-37(31-36)38-26-28-44-43-23-9-11-25-48(43)51(49(44)32-38)41-27-29-47-45(33-41)42-22-8-10-24-46(42)50(47,39-18-4-2-5-19-39)40-20-6-3-7-21-40;1-7-6-8-4-2-3-5-9(8)10-7;1-7-5-3-2-4-6-7/h2-33H,1H3;2-6H,1H3;2-6H,1H3. The number of rotatable bonds is 5. The summed E-state index contributed by atoms with van der Waals surface area (Å²) in [6, 6.07) is 92.6. The fourth-order valence-corrected chi connectivity index (χ4v) is 11.3. The van der Waals surface area contributed by atoms with Gasteiger partial charge in [-0.1, -0.05) is 223 Å². The monoisotopic (exact) mass is 889 g/mol. The van der Waals surface area contributed by atoms with Gasteiger partial charge >= 0.3 is 0 Å². The van der Waals surface area contributed by atoms with E-state index in [4.69, 9.17) is 0 Å². The van der Waals surface area contributed by atoms with Crippen molar-refractivity contribution in [2.45, 2.75) is 26.2 Å². The average Bonchev–Trinajstić information content (AvgIpc) is 4.04. The molecule has 1 nitrogen and oxygen atoms in total. The first-order valence-corrected chi connectivity index (χ1v) is 24.3. The molecule has 0 bridgehead atoms. The number of fused-ring (bicyclic) bond motifs is 7. The van der Waals surface area contributed by atoms with Crippen molar-refractivity contribution in [3.05, 3.63) is 293 Å².